The van der Waals surface area contributed by atoms with Crippen LogP contribution in [0, 0.1) is 6.92 Å². The average molecular weight is 516 g/mol. The van der Waals surface area contributed by atoms with Gasteiger partial charge in [-0.3, -0.25) is 4.79 Å². The van der Waals surface area contributed by atoms with E-state index in [9.17, 15) is 10.0 Å². The van der Waals surface area contributed by atoms with E-state index in [-0.39, 0.29) is 6.61 Å². The van der Waals surface area contributed by atoms with E-state index in [1.165, 1.54) is 6.07 Å². The van der Waals surface area contributed by atoms with Gasteiger partial charge in [-0.1, -0.05) is 11.6 Å². The first-order valence-electron chi connectivity index (χ1n) is 7.80. The first kappa shape index (κ1) is 19.8. The fourth-order valence-corrected chi connectivity index (χ4v) is 3.88. The molecule has 0 saturated carbocycles. The SMILES string of the molecule is Cc1cc(COc2c(Br)cc(Oc3ccc(Cl)cc3)cc2Br)n(O)c(=O)c1. The molecule has 3 rings (SSSR count). The first-order chi connectivity index (χ1) is 12.8. The second-order valence-electron chi connectivity index (χ2n) is 5.73. The maximum absolute atomic E-state index is 11.7. The van der Waals surface area contributed by atoms with Crippen molar-refractivity contribution in [3.63, 3.8) is 0 Å². The zero-order chi connectivity index (χ0) is 19.6. The number of hydrogen-bond donors (Lipinski definition) is 1. The molecule has 1 aromatic heterocycles. The Morgan fingerprint density at radius 3 is 2.30 bits per heavy atom. The van der Waals surface area contributed by atoms with Crippen molar-refractivity contribution >= 4 is 43.5 Å². The molecule has 27 heavy (non-hydrogen) atoms. The third-order valence-corrected chi connectivity index (χ3v) is 5.04. The molecule has 0 radical (unpaired) electrons. The summed E-state index contributed by atoms with van der Waals surface area (Å²) in [5.74, 6) is 1.77. The maximum atomic E-state index is 11.7. The van der Waals surface area contributed by atoms with Crippen molar-refractivity contribution in [1.82, 2.24) is 4.73 Å². The van der Waals surface area contributed by atoms with Crippen LogP contribution in [0.3, 0.4) is 0 Å². The highest BCUT2D eigenvalue weighted by Gasteiger charge is 2.13. The summed E-state index contributed by atoms with van der Waals surface area (Å²) in [6, 6.07) is 13.6. The molecule has 0 unspecified atom stereocenters. The van der Waals surface area contributed by atoms with Crippen LogP contribution in [0.25, 0.3) is 0 Å². The molecule has 0 atom stereocenters. The van der Waals surface area contributed by atoms with Gasteiger partial charge >= 0.3 is 0 Å². The molecule has 0 amide bonds. The summed E-state index contributed by atoms with van der Waals surface area (Å²) in [6.07, 6.45) is 0. The molecule has 0 aliphatic carbocycles. The van der Waals surface area contributed by atoms with E-state index in [1.807, 2.05) is 0 Å². The number of aryl methyl sites for hydroxylation is 1. The molecule has 1 N–H and O–H groups in total. The number of nitrogens with zero attached hydrogens (tertiary/aromatic N) is 1. The van der Waals surface area contributed by atoms with Gasteiger partial charge in [-0.25, -0.2) is 0 Å². The number of rotatable bonds is 5. The Morgan fingerprint density at radius 1 is 1.04 bits per heavy atom. The van der Waals surface area contributed by atoms with E-state index in [2.05, 4.69) is 31.9 Å². The van der Waals surface area contributed by atoms with Crippen LogP contribution in [0.4, 0.5) is 0 Å². The number of ether oxygens (including phenoxy) is 2. The van der Waals surface area contributed by atoms with Crippen LogP contribution >= 0.6 is 43.5 Å². The van der Waals surface area contributed by atoms with Crippen molar-refractivity contribution < 1.29 is 14.7 Å². The lowest BCUT2D eigenvalue weighted by molar-refractivity contribution is 0.147. The fraction of sp³-hybridized carbons (Fsp3) is 0.105. The molecule has 8 heteroatoms. The quantitative estimate of drug-likeness (QED) is 0.427. The van der Waals surface area contributed by atoms with Crippen LogP contribution in [0.2, 0.25) is 5.02 Å². The highest BCUT2D eigenvalue weighted by atomic mass is 79.9. The molecule has 5 nitrogen and oxygen atoms in total. The van der Waals surface area contributed by atoms with Gasteiger partial charge in [0.2, 0.25) is 0 Å². The summed E-state index contributed by atoms with van der Waals surface area (Å²) in [5.41, 5.74) is 0.590. The zero-order valence-corrected chi connectivity index (χ0v) is 18.0. The predicted molar refractivity (Wildman–Crippen MR) is 110 cm³/mol. The Balaban J connectivity index is 1.79. The summed E-state index contributed by atoms with van der Waals surface area (Å²) in [4.78, 5) is 11.7. The van der Waals surface area contributed by atoms with E-state index in [0.717, 1.165) is 5.56 Å². The maximum Gasteiger partial charge on any atom is 0.283 e. The number of halogens is 3. The predicted octanol–water partition coefficient (Wildman–Crippen LogP) is 5.94. The van der Waals surface area contributed by atoms with Crippen molar-refractivity contribution in [2.45, 2.75) is 13.5 Å². The van der Waals surface area contributed by atoms with Gasteiger partial charge in [-0.15, -0.1) is 4.73 Å². The molecule has 2 aromatic carbocycles. The lowest BCUT2D eigenvalue weighted by Gasteiger charge is -2.14. The molecule has 0 aliphatic rings. The molecular weight excluding hydrogens is 501 g/mol. The summed E-state index contributed by atoms with van der Waals surface area (Å²) in [5, 5.41) is 10.5. The molecule has 0 aliphatic heterocycles. The summed E-state index contributed by atoms with van der Waals surface area (Å²) >= 11 is 12.8. The summed E-state index contributed by atoms with van der Waals surface area (Å²) in [7, 11) is 0. The van der Waals surface area contributed by atoms with Crippen LogP contribution < -0.4 is 15.0 Å². The smallest absolute Gasteiger partial charge is 0.283 e. The monoisotopic (exact) mass is 513 g/mol. The third-order valence-electron chi connectivity index (χ3n) is 3.61. The highest BCUT2D eigenvalue weighted by molar-refractivity contribution is 9.11. The fourth-order valence-electron chi connectivity index (χ4n) is 2.38. The van der Waals surface area contributed by atoms with Crippen molar-refractivity contribution in [1.29, 1.82) is 0 Å². The lowest BCUT2D eigenvalue weighted by atomic mass is 10.2. The van der Waals surface area contributed by atoms with Gasteiger partial charge < -0.3 is 14.7 Å². The Bertz CT molecular complexity index is 1010. The van der Waals surface area contributed by atoms with Crippen molar-refractivity contribution in [2.24, 2.45) is 0 Å². The van der Waals surface area contributed by atoms with Gasteiger partial charge in [0.25, 0.3) is 5.56 Å². The van der Waals surface area contributed by atoms with Crippen LogP contribution in [0.15, 0.2) is 62.3 Å². The number of pyridine rings is 1. The third kappa shape index (κ3) is 4.86. The molecule has 0 bridgehead atoms. The standard InChI is InChI=1S/C19H14Br2ClNO4/c1-11-6-13(23(25)18(24)7-11)10-26-19-16(20)8-15(9-17(19)21)27-14-4-2-12(22)3-5-14/h2-9,25H,10H2,1H3. The molecule has 1 heterocycles. The summed E-state index contributed by atoms with van der Waals surface area (Å²) < 4.78 is 13.5. The number of aromatic nitrogens is 1. The highest BCUT2D eigenvalue weighted by Crippen LogP contribution is 2.39. The average Bonchev–Trinajstić information content (AvgIpc) is 2.60. The van der Waals surface area contributed by atoms with Crippen LogP contribution in [-0.2, 0) is 6.61 Å². The van der Waals surface area contributed by atoms with Crippen molar-refractivity contribution in [2.75, 3.05) is 0 Å². The van der Waals surface area contributed by atoms with Gasteiger partial charge in [0.15, 0.2) is 0 Å². The Labute approximate surface area is 177 Å². The van der Waals surface area contributed by atoms with Gasteiger partial charge in [-0.2, -0.15) is 0 Å². The second kappa shape index (κ2) is 8.37. The van der Waals surface area contributed by atoms with Crippen molar-refractivity contribution in [3.05, 3.63) is 84.1 Å². The van der Waals surface area contributed by atoms with E-state index < -0.39 is 5.56 Å². The van der Waals surface area contributed by atoms with E-state index in [4.69, 9.17) is 21.1 Å². The Morgan fingerprint density at radius 2 is 1.67 bits per heavy atom. The van der Waals surface area contributed by atoms with Crippen LogP contribution in [0.5, 0.6) is 17.2 Å². The molecule has 0 spiro atoms. The van der Waals surface area contributed by atoms with Crippen molar-refractivity contribution in [3.8, 4) is 17.2 Å². The van der Waals surface area contributed by atoms with E-state index >= 15 is 0 Å². The van der Waals surface area contributed by atoms with E-state index in [0.29, 0.717) is 41.6 Å². The Kier molecular flexibility index (Phi) is 6.14. The first-order valence-corrected chi connectivity index (χ1v) is 9.77. The number of benzene rings is 2. The van der Waals surface area contributed by atoms with Crippen LogP contribution in [0.1, 0.15) is 11.3 Å². The minimum Gasteiger partial charge on any atom is -0.485 e. The Hall–Kier alpha value is -1.96. The van der Waals surface area contributed by atoms with Gasteiger partial charge in [0, 0.05) is 11.1 Å². The normalized spacial score (nSPS) is 10.7. The molecule has 3 aromatic rings. The minimum absolute atomic E-state index is 0.0159. The largest absolute Gasteiger partial charge is 0.485 e. The molecule has 0 fully saturated rings. The lowest BCUT2D eigenvalue weighted by Crippen LogP contribution is -2.22. The second-order valence-corrected chi connectivity index (χ2v) is 7.88. The van der Waals surface area contributed by atoms with Gasteiger partial charge in [0.1, 0.15) is 23.9 Å². The number of hydrogen-bond acceptors (Lipinski definition) is 4. The molecule has 140 valence electrons. The van der Waals surface area contributed by atoms with Gasteiger partial charge in [-0.05, 0) is 86.8 Å². The van der Waals surface area contributed by atoms with Gasteiger partial charge in [0.05, 0.1) is 14.6 Å². The molecular formula is C19H14Br2ClNO4. The minimum atomic E-state index is -0.501. The van der Waals surface area contributed by atoms with Crippen LogP contribution in [-0.4, -0.2) is 9.94 Å². The summed E-state index contributed by atoms with van der Waals surface area (Å²) in [6.45, 7) is 1.79. The topological polar surface area (TPSA) is 60.7 Å². The molecule has 0 saturated heterocycles. The van der Waals surface area contributed by atoms with E-state index in [1.54, 1.807) is 49.4 Å². The zero-order valence-electron chi connectivity index (χ0n) is 14.1.